The lowest BCUT2D eigenvalue weighted by Crippen LogP contribution is -2.38. The molecule has 2 atom stereocenters. The molecule has 1 aliphatic heterocycles. The number of hydrogen-bond donors (Lipinski definition) is 0. The predicted molar refractivity (Wildman–Crippen MR) is 78.0 cm³/mol. The van der Waals surface area contributed by atoms with Gasteiger partial charge in [0.15, 0.2) is 5.60 Å². The topological polar surface area (TPSA) is 42.2 Å². The zero-order valence-corrected chi connectivity index (χ0v) is 12.7. The first-order valence-corrected chi connectivity index (χ1v) is 7.51. The number of rotatable bonds is 6. The smallest absolute Gasteiger partial charge is 0.154 e. The summed E-state index contributed by atoms with van der Waals surface area (Å²) >= 11 is 0. The standard InChI is InChI=1S/C17H22FNO2/c1-3-16(12-19)9-10-17(4-2,21-16)13-20-11-14-7-5-6-8-15(14)18/h5-8H,3-4,9-11,13H2,1-2H3. The fraction of sp³-hybridized carbons (Fsp3) is 0.588. The van der Waals surface area contributed by atoms with E-state index in [1.54, 1.807) is 18.2 Å². The van der Waals surface area contributed by atoms with Crippen LogP contribution in [0.15, 0.2) is 24.3 Å². The molecule has 114 valence electrons. The van der Waals surface area contributed by atoms with Gasteiger partial charge in [0.1, 0.15) is 5.82 Å². The first-order chi connectivity index (χ1) is 10.1. The minimum Gasteiger partial charge on any atom is -0.374 e. The molecule has 1 aliphatic rings. The van der Waals surface area contributed by atoms with Crippen LogP contribution in [0.4, 0.5) is 4.39 Å². The molecule has 0 N–H and O–H groups in total. The Kier molecular flexibility index (Phi) is 4.97. The Hall–Kier alpha value is -1.44. The fourth-order valence-corrected chi connectivity index (χ4v) is 2.77. The van der Waals surface area contributed by atoms with E-state index in [1.165, 1.54) is 6.07 Å². The molecule has 1 fully saturated rings. The molecule has 0 saturated carbocycles. The van der Waals surface area contributed by atoms with Crippen LogP contribution in [0.3, 0.4) is 0 Å². The Bertz CT molecular complexity index is 528. The van der Waals surface area contributed by atoms with Crippen molar-refractivity contribution in [2.24, 2.45) is 0 Å². The van der Waals surface area contributed by atoms with Crippen LogP contribution in [0.25, 0.3) is 0 Å². The molecule has 21 heavy (non-hydrogen) atoms. The fourth-order valence-electron chi connectivity index (χ4n) is 2.77. The van der Waals surface area contributed by atoms with E-state index in [4.69, 9.17) is 9.47 Å². The Balaban J connectivity index is 1.95. The minimum atomic E-state index is -0.683. The van der Waals surface area contributed by atoms with Gasteiger partial charge >= 0.3 is 0 Å². The van der Waals surface area contributed by atoms with Crippen LogP contribution in [0.2, 0.25) is 0 Å². The molecule has 0 aliphatic carbocycles. The van der Waals surface area contributed by atoms with E-state index in [0.717, 1.165) is 19.3 Å². The summed E-state index contributed by atoms with van der Waals surface area (Å²) in [6.07, 6.45) is 3.01. The van der Waals surface area contributed by atoms with Crippen molar-refractivity contribution in [3.8, 4) is 6.07 Å². The van der Waals surface area contributed by atoms with Gasteiger partial charge in [0, 0.05) is 5.56 Å². The molecule has 2 rings (SSSR count). The number of nitrogens with zero attached hydrogens (tertiary/aromatic N) is 1. The number of ether oxygens (including phenoxy) is 2. The Morgan fingerprint density at radius 2 is 2.05 bits per heavy atom. The summed E-state index contributed by atoms with van der Waals surface area (Å²) in [6, 6.07) is 8.90. The molecular weight excluding hydrogens is 269 g/mol. The van der Waals surface area contributed by atoms with Gasteiger partial charge in [-0.25, -0.2) is 4.39 Å². The van der Waals surface area contributed by atoms with Gasteiger partial charge in [-0.05, 0) is 31.7 Å². The average Bonchev–Trinajstić information content (AvgIpc) is 2.90. The van der Waals surface area contributed by atoms with E-state index in [-0.39, 0.29) is 12.4 Å². The molecule has 0 radical (unpaired) electrons. The van der Waals surface area contributed by atoms with E-state index in [0.29, 0.717) is 18.6 Å². The van der Waals surface area contributed by atoms with Crippen molar-refractivity contribution in [1.29, 1.82) is 5.26 Å². The molecule has 0 aromatic heterocycles. The normalized spacial score (nSPS) is 28.5. The molecule has 3 nitrogen and oxygen atoms in total. The highest BCUT2D eigenvalue weighted by Gasteiger charge is 2.47. The number of halogens is 1. The molecule has 1 aromatic rings. The van der Waals surface area contributed by atoms with Gasteiger partial charge in [-0.2, -0.15) is 5.26 Å². The van der Waals surface area contributed by atoms with Crippen molar-refractivity contribution in [2.45, 2.75) is 57.3 Å². The molecule has 1 heterocycles. The number of benzene rings is 1. The van der Waals surface area contributed by atoms with Crippen molar-refractivity contribution < 1.29 is 13.9 Å². The summed E-state index contributed by atoms with van der Waals surface area (Å²) in [5.74, 6) is -0.254. The average molecular weight is 291 g/mol. The van der Waals surface area contributed by atoms with Gasteiger partial charge in [0.2, 0.25) is 0 Å². The Morgan fingerprint density at radius 1 is 1.29 bits per heavy atom. The van der Waals surface area contributed by atoms with Crippen molar-refractivity contribution in [3.63, 3.8) is 0 Å². The van der Waals surface area contributed by atoms with E-state index >= 15 is 0 Å². The zero-order valence-electron chi connectivity index (χ0n) is 12.7. The largest absolute Gasteiger partial charge is 0.374 e. The zero-order chi connectivity index (χ0) is 15.3. The molecule has 4 heteroatoms. The highest BCUT2D eigenvalue weighted by Crippen LogP contribution is 2.41. The second-order valence-corrected chi connectivity index (χ2v) is 5.68. The van der Waals surface area contributed by atoms with Gasteiger partial charge in [-0.3, -0.25) is 0 Å². The lowest BCUT2D eigenvalue weighted by Gasteiger charge is -2.30. The SMILES string of the molecule is CCC1(C#N)CCC(CC)(COCc2ccccc2F)O1. The molecule has 0 spiro atoms. The van der Waals surface area contributed by atoms with Crippen LogP contribution < -0.4 is 0 Å². The van der Waals surface area contributed by atoms with Crippen molar-refractivity contribution in [1.82, 2.24) is 0 Å². The van der Waals surface area contributed by atoms with Crippen LogP contribution in [0.5, 0.6) is 0 Å². The monoisotopic (exact) mass is 291 g/mol. The number of nitriles is 1. The first-order valence-electron chi connectivity index (χ1n) is 7.51. The predicted octanol–water partition coefficient (Wildman–Crippen LogP) is 3.97. The van der Waals surface area contributed by atoms with E-state index < -0.39 is 11.2 Å². The van der Waals surface area contributed by atoms with E-state index in [2.05, 4.69) is 6.07 Å². The highest BCUT2D eigenvalue weighted by atomic mass is 19.1. The van der Waals surface area contributed by atoms with E-state index in [1.807, 2.05) is 13.8 Å². The third-order valence-electron chi connectivity index (χ3n) is 4.40. The van der Waals surface area contributed by atoms with Crippen molar-refractivity contribution in [3.05, 3.63) is 35.6 Å². The number of hydrogen-bond acceptors (Lipinski definition) is 3. The van der Waals surface area contributed by atoms with Gasteiger partial charge in [0.25, 0.3) is 0 Å². The molecule has 2 unspecified atom stereocenters. The van der Waals surface area contributed by atoms with Crippen LogP contribution >= 0.6 is 0 Å². The molecule has 1 saturated heterocycles. The summed E-state index contributed by atoms with van der Waals surface area (Å²) in [5, 5.41) is 9.32. The maximum absolute atomic E-state index is 13.5. The highest BCUT2D eigenvalue weighted by molar-refractivity contribution is 5.16. The van der Waals surface area contributed by atoms with Gasteiger partial charge in [0.05, 0.1) is 24.9 Å². The van der Waals surface area contributed by atoms with Crippen LogP contribution in [0, 0.1) is 17.1 Å². The lowest BCUT2D eigenvalue weighted by molar-refractivity contribution is -0.121. The maximum Gasteiger partial charge on any atom is 0.154 e. The minimum absolute atomic E-state index is 0.226. The Labute approximate surface area is 125 Å². The maximum atomic E-state index is 13.5. The summed E-state index contributed by atoms with van der Waals surface area (Å²) in [5.41, 5.74) is -0.558. The quantitative estimate of drug-likeness (QED) is 0.796. The molecule has 0 bridgehead atoms. The molecule has 1 aromatic carbocycles. The summed E-state index contributed by atoms with van der Waals surface area (Å²) in [7, 11) is 0. The second-order valence-electron chi connectivity index (χ2n) is 5.68. The second kappa shape index (κ2) is 6.55. The van der Waals surface area contributed by atoms with Gasteiger partial charge < -0.3 is 9.47 Å². The molecular formula is C17H22FNO2. The lowest BCUT2D eigenvalue weighted by atomic mass is 9.94. The Morgan fingerprint density at radius 3 is 2.62 bits per heavy atom. The van der Waals surface area contributed by atoms with Crippen LogP contribution in [-0.4, -0.2) is 17.8 Å². The summed E-state index contributed by atoms with van der Waals surface area (Å²) in [4.78, 5) is 0. The van der Waals surface area contributed by atoms with Crippen molar-refractivity contribution in [2.75, 3.05) is 6.61 Å². The summed E-state index contributed by atoms with van der Waals surface area (Å²) < 4.78 is 25.3. The van der Waals surface area contributed by atoms with Gasteiger partial charge in [-0.1, -0.05) is 32.0 Å². The first kappa shape index (κ1) is 15.9. The molecule has 0 amide bonds. The summed E-state index contributed by atoms with van der Waals surface area (Å²) in [6.45, 7) is 4.62. The third-order valence-corrected chi connectivity index (χ3v) is 4.40. The van der Waals surface area contributed by atoms with E-state index in [9.17, 15) is 9.65 Å². The third kappa shape index (κ3) is 3.42. The van der Waals surface area contributed by atoms with Crippen LogP contribution in [0.1, 0.15) is 45.1 Å². The van der Waals surface area contributed by atoms with Gasteiger partial charge in [-0.15, -0.1) is 0 Å². The van der Waals surface area contributed by atoms with Crippen LogP contribution in [-0.2, 0) is 16.1 Å². The van der Waals surface area contributed by atoms with Crippen molar-refractivity contribution >= 4 is 0 Å².